The topological polar surface area (TPSA) is 27.6 Å². The summed E-state index contributed by atoms with van der Waals surface area (Å²) in [6, 6.07) is 7.73. The molecule has 138 valence electrons. The lowest BCUT2D eigenvalue weighted by atomic mass is 10.0. The Morgan fingerprint density at radius 3 is 2.54 bits per heavy atom. The van der Waals surface area contributed by atoms with E-state index < -0.39 is 11.6 Å². The summed E-state index contributed by atoms with van der Waals surface area (Å²) in [6.07, 6.45) is 1.81. The number of nitrogens with zero attached hydrogens (tertiary/aromatic N) is 2. The van der Waals surface area contributed by atoms with Gasteiger partial charge in [-0.1, -0.05) is 12.2 Å². The Labute approximate surface area is 158 Å². The first-order valence-electron chi connectivity index (χ1n) is 8.39. The molecule has 0 unspecified atom stereocenters. The maximum atomic E-state index is 13.3. The van der Waals surface area contributed by atoms with Crippen molar-refractivity contribution in [1.82, 2.24) is 4.90 Å². The number of rotatable bonds is 7. The number of halogens is 2. The normalized spacial score (nSPS) is 11.0. The maximum absolute atomic E-state index is 13.3. The van der Waals surface area contributed by atoms with Crippen LogP contribution in [-0.4, -0.2) is 36.2 Å². The lowest BCUT2D eigenvalue weighted by Crippen LogP contribution is -2.15. The van der Waals surface area contributed by atoms with Crippen molar-refractivity contribution in [3.63, 3.8) is 0 Å². The molecule has 6 heteroatoms. The van der Waals surface area contributed by atoms with Crippen molar-refractivity contribution in [1.29, 1.82) is 0 Å². The van der Waals surface area contributed by atoms with Gasteiger partial charge in [-0.15, -0.1) is 0 Å². The molecule has 0 aliphatic carbocycles. The van der Waals surface area contributed by atoms with Crippen LogP contribution in [0.15, 0.2) is 35.3 Å². The van der Waals surface area contributed by atoms with Crippen LogP contribution in [0.5, 0.6) is 0 Å². The molecule has 2 aromatic rings. The van der Waals surface area contributed by atoms with Gasteiger partial charge in [0.25, 0.3) is 0 Å². The van der Waals surface area contributed by atoms with E-state index >= 15 is 0 Å². The van der Waals surface area contributed by atoms with Crippen molar-refractivity contribution in [3.8, 4) is 0 Å². The zero-order chi connectivity index (χ0) is 19.3. The summed E-state index contributed by atoms with van der Waals surface area (Å²) >= 11 is 5.52. The Hall–Kier alpha value is -2.34. The van der Waals surface area contributed by atoms with Crippen LogP contribution in [0.1, 0.15) is 23.6 Å². The van der Waals surface area contributed by atoms with E-state index in [2.05, 4.69) is 17.2 Å². The van der Waals surface area contributed by atoms with Gasteiger partial charge in [-0.25, -0.2) is 13.8 Å². The fourth-order valence-corrected chi connectivity index (χ4v) is 2.66. The van der Waals surface area contributed by atoms with Crippen molar-refractivity contribution in [2.45, 2.75) is 20.8 Å². The highest BCUT2D eigenvalue weighted by atomic mass is 32.1. The quantitative estimate of drug-likeness (QED) is 0.319. The third kappa shape index (κ3) is 5.08. The summed E-state index contributed by atoms with van der Waals surface area (Å²) in [5.41, 5.74) is 4.41. The van der Waals surface area contributed by atoms with E-state index in [-0.39, 0.29) is 0 Å². The van der Waals surface area contributed by atoms with Crippen LogP contribution in [0.25, 0.3) is 0 Å². The van der Waals surface area contributed by atoms with Gasteiger partial charge in [0.05, 0.1) is 18.6 Å². The van der Waals surface area contributed by atoms with E-state index in [9.17, 15) is 8.78 Å². The molecule has 26 heavy (non-hydrogen) atoms. The van der Waals surface area contributed by atoms with Crippen molar-refractivity contribution in [2.75, 3.05) is 25.5 Å². The van der Waals surface area contributed by atoms with E-state index in [1.165, 1.54) is 6.07 Å². The minimum Gasteiger partial charge on any atom is -0.380 e. The predicted molar refractivity (Wildman–Crippen MR) is 109 cm³/mol. The Balaban J connectivity index is 2.12. The molecule has 0 atom stereocenters. The lowest BCUT2D eigenvalue weighted by Gasteiger charge is -2.13. The van der Waals surface area contributed by atoms with Crippen molar-refractivity contribution < 1.29 is 8.78 Å². The first-order chi connectivity index (χ1) is 12.3. The Morgan fingerprint density at radius 1 is 1.15 bits per heavy atom. The van der Waals surface area contributed by atoms with Crippen LogP contribution in [0.4, 0.5) is 20.2 Å². The molecular weight excluding hydrogens is 352 g/mol. The monoisotopic (exact) mass is 375 g/mol. The van der Waals surface area contributed by atoms with Crippen LogP contribution < -0.4 is 5.32 Å². The summed E-state index contributed by atoms with van der Waals surface area (Å²) in [7, 11) is 1.97. The molecule has 0 aliphatic heterocycles. The number of aryl methyl sites for hydroxylation is 2. The van der Waals surface area contributed by atoms with E-state index in [0.717, 1.165) is 41.1 Å². The summed E-state index contributed by atoms with van der Waals surface area (Å²) in [5, 5.41) is 3.04. The second kappa shape index (κ2) is 8.85. The molecule has 0 amide bonds. The Morgan fingerprint density at radius 2 is 1.88 bits per heavy atom. The molecule has 0 bridgehead atoms. The highest BCUT2D eigenvalue weighted by molar-refractivity contribution is 7.81. The van der Waals surface area contributed by atoms with Crippen molar-refractivity contribution >= 4 is 34.8 Å². The summed E-state index contributed by atoms with van der Waals surface area (Å²) < 4.78 is 26.3. The van der Waals surface area contributed by atoms with E-state index in [1.54, 1.807) is 0 Å². The minimum absolute atomic E-state index is 0.363. The van der Waals surface area contributed by atoms with Gasteiger partial charge in [0.1, 0.15) is 0 Å². The van der Waals surface area contributed by atoms with Gasteiger partial charge in [0.15, 0.2) is 11.6 Å². The number of benzene rings is 2. The van der Waals surface area contributed by atoms with Gasteiger partial charge in [-0.3, -0.25) is 0 Å². The number of hydrogen-bond donors (Lipinski definition) is 1. The highest BCUT2D eigenvalue weighted by Crippen LogP contribution is 2.24. The molecule has 0 radical (unpaired) electrons. The average Bonchev–Trinajstić information content (AvgIpc) is 2.62. The van der Waals surface area contributed by atoms with Crippen LogP contribution >= 0.6 is 12.2 Å². The lowest BCUT2D eigenvalue weighted by molar-refractivity contribution is 0.509. The maximum Gasteiger partial charge on any atom is 0.160 e. The van der Waals surface area contributed by atoms with Gasteiger partial charge >= 0.3 is 0 Å². The van der Waals surface area contributed by atoms with Crippen LogP contribution in [0.2, 0.25) is 0 Å². The van der Waals surface area contributed by atoms with Crippen LogP contribution in [0, 0.1) is 25.5 Å². The molecule has 3 nitrogen and oxygen atoms in total. The van der Waals surface area contributed by atoms with Gasteiger partial charge < -0.3 is 10.2 Å². The number of anilines is 1. The van der Waals surface area contributed by atoms with E-state index in [0.29, 0.717) is 17.1 Å². The molecular formula is C20H23F2N3S. The summed E-state index contributed by atoms with van der Waals surface area (Å²) in [4.78, 5) is 7.22. The Kier molecular flexibility index (Phi) is 6.80. The van der Waals surface area contributed by atoms with Crippen LogP contribution in [0.3, 0.4) is 0 Å². The molecule has 1 N–H and O–H groups in total. The fourth-order valence-electron chi connectivity index (χ4n) is 2.37. The molecule has 0 aliphatic rings. The highest BCUT2D eigenvalue weighted by Gasteiger charge is 2.09. The van der Waals surface area contributed by atoms with Gasteiger partial charge in [0.2, 0.25) is 0 Å². The first-order valence-corrected chi connectivity index (χ1v) is 8.80. The minimum atomic E-state index is -0.882. The van der Waals surface area contributed by atoms with E-state index in [1.807, 2.05) is 44.3 Å². The van der Waals surface area contributed by atoms with Crippen molar-refractivity contribution in [3.05, 3.63) is 58.7 Å². The zero-order valence-electron chi connectivity index (χ0n) is 15.4. The molecule has 0 saturated heterocycles. The van der Waals surface area contributed by atoms with Gasteiger partial charge in [0, 0.05) is 30.2 Å². The van der Waals surface area contributed by atoms with E-state index in [4.69, 9.17) is 12.2 Å². The molecule has 0 fully saturated rings. The SMILES string of the molecule is CCN(C)/C=N\c1cc(C)c(C(=S)CNc2ccc(F)c(F)c2)cc1C. The zero-order valence-corrected chi connectivity index (χ0v) is 16.3. The molecule has 0 aromatic heterocycles. The molecule has 2 rings (SSSR count). The molecule has 0 heterocycles. The molecule has 0 spiro atoms. The fraction of sp³-hybridized carbons (Fsp3) is 0.300. The predicted octanol–water partition coefficient (Wildman–Crippen LogP) is 5.02. The number of thiocarbonyl (C=S) groups is 1. The first kappa shape index (κ1) is 20.0. The smallest absolute Gasteiger partial charge is 0.160 e. The molecule has 0 saturated carbocycles. The third-order valence-electron chi connectivity index (χ3n) is 4.11. The van der Waals surface area contributed by atoms with Crippen LogP contribution in [-0.2, 0) is 0 Å². The van der Waals surface area contributed by atoms with Gasteiger partial charge in [-0.2, -0.15) is 0 Å². The number of aliphatic imine (C=N–C) groups is 1. The third-order valence-corrected chi connectivity index (χ3v) is 4.47. The average molecular weight is 375 g/mol. The Bertz CT molecular complexity index is 834. The largest absolute Gasteiger partial charge is 0.380 e. The summed E-state index contributed by atoms with van der Waals surface area (Å²) in [5.74, 6) is -1.75. The number of hydrogen-bond acceptors (Lipinski definition) is 3. The second-order valence-electron chi connectivity index (χ2n) is 6.18. The molecule has 2 aromatic carbocycles. The van der Waals surface area contributed by atoms with Crippen molar-refractivity contribution in [2.24, 2.45) is 4.99 Å². The standard InChI is InChI=1S/C20H23F2N3S/c1-5-25(4)12-24-19-9-13(2)16(8-14(19)3)20(26)11-23-15-6-7-17(21)18(22)10-15/h6-10,12,23H,5,11H2,1-4H3/b24-12-. The second-order valence-corrected chi connectivity index (χ2v) is 6.67. The van der Waals surface area contributed by atoms with Gasteiger partial charge in [-0.05, 0) is 61.7 Å². The summed E-state index contributed by atoms with van der Waals surface area (Å²) in [6.45, 7) is 7.29. The number of nitrogens with one attached hydrogen (secondary N) is 1.